The van der Waals surface area contributed by atoms with Gasteiger partial charge in [-0.25, -0.2) is 4.39 Å². The van der Waals surface area contributed by atoms with Crippen LogP contribution in [0.1, 0.15) is 26.2 Å². The number of rotatable bonds is 5. The molecule has 1 unspecified atom stereocenters. The molecule has 0 bridgehead atoms. The van der Waals surface area contributed by atoms with Gasteiger partial charge in [0, 0.05) is 38.4 Å². The van der Waals surface area contributed by atoms with Gasteiger partial charge in [0.2, 0.25) is 0 Å². The zero-order chi connectivity index (χ0) is 16.5. The molecule has 1 fully saturated rings. The molecule has 0 spiro atoms. The molecular formula is C18H27FN4. The largest absolute Gasteiger partial charge is 0.369 e. The number of aliphatic imine (C=N–C) groups is 1. The van der Waals surface area contributed by atoms with Crippen molar-refractivity contribution in [2.45, 2.75) is 32.2 Å². The summed E-state index contributed by atoms with van der Waals surface area (Å²) >= 11 is 0. The van der Waals surface area contributed by atoms with E-state index in [2.05, 4.69) is 32.7 Å². The fourth-order valence-electron chi connectivity index (χ4n) is 2.83. The van der Waals surface area contributed by atoms with Crippen molar-refractivity contribution in [2.24, 2.45) is 4.99 Å². The molecule has 1 heterocycles. The summed E-state index contributed by atoms with van der Waals surface area (Å²) in [7, 11) is 1.79. The van der Waals surface area contributed by atoms with Gasteiger partial charge in [-0.2, -0.15) is 0 Å². The minimum Gasteiger partial charge on any atom is -0.369 e. The minimum atomic E-state index is -0.181. The quantitative estimate of drug-likeness (QED) is 0.379. The first-order valence-corrected chi connectivity index (χ1v) is 8.31. The lowest BCUT2D eigenvalue weighted by Gasteiger charge is -2.35. The zero-order valence-corrected chi connectivity index (χ0v) is 14.1. The number of hydrogen-bond donors (Lipinski definition) is 2. The maximum atomic E-state index is 13.4. The Balaban J connectivity index is 1.87. The third kappa shape index (κ3) is 5.58. The van der Waals surface area contributed by atoms with Crippen LogP contribution in [-0.2, 0) is 0 Å². The molecule has 1 aromatic carbocycles. The second kappa shape index (κ2) is 9.18. The fraction of sp³-hybridized carbons (Fsp3) is 0.500. The molecular weight excluding hydrogens is 291 g/mol. The molecule has 0 radical (unpaired) electrons. The maximum absolute atomic E-state index is 13.4. The third-order valence-electron chi connectivity index (χ3n) is 4.00. The summed E-state index contributed by atoms with van der Waals surface area (Å²) in [5, 5.41) is 6.80. The molecule has 1 aliphatic rings. The van der Waals surface area contributed by atoms with Crippen LogP contribution < -0.4 is 15.5 Å². The maximum Gasteiger partial charge on any atom is 0.191 e. The van der Waals surface area contributed by atoms with Crippen molar-refractivity contribution >= 4 is 11.6 Å². The summed E-state index contributed by atoms with van der Waals surface area (Å²) in [6, 6.07) is 7.14. The highest BCUT2D eigenvalue weighted by molar-refractivity contribution is 5.80. The Kier molecular flexibility index (Phi) is 6.91. The van der Waals surface area contributed by atoms with Crippen molar-refractivity contribution in [3.05, 3.63) is 42.2 Å². The number of nitrogens with one attached hydrogen (secondary N) is 2. The smallest absolute Gasteiger partial charge is 0.191 e. The molecule has 5 heteroatoms. The van der Waals surface area contributed by atoms with Gasteiger partial charge in [-0.3, -0.25) is 4.99 Å². The predicted molar refractivity (Wildman–Crippen MR) is 95.6 cm³/mol. The number of guanidine groups is 1. The van der Waals surface area contributed by atoms with Crippen LogP contribution in [0.15, 0.2) is 41.4 Å². The summed E-state index contributed by atoms with van der Waals surface area (Å²) in [4.78, 5) is 6.52. The van der Waals surface area contributed by atoms with Gasteiger partial charge in [0.05, 0.1) is 0 Å². The van der Waals surface area contributed by atoms with E-state index < -0.39 is 0 Å². The van der Waals surface area contributed by atoms with Gasteiger partial charge >= 0.3 is 0 Å². The van der Waals surface area contributed by atoms with Crippen LogP contribution in [0.2, 0.25) is 0 Å². The lowest BCUT2D eigenvalue weighted by molar-refractivity contribution is 0.467. The molecule has 23 heavy (non-hydrogen) atoms. The monoisotopic (exact) mass is 318 g/mol. The molecule has 0 aromatic heterocycles. The molecule has 4 nitrogen and oxygen atoms in total. The minimum absolute atomic E-state index is 0.181. The zero-order valence-electron chi connectivity index (χ0n) is 14.1. The van der Waals surface area contributed by atoms with Crippen LogP contribution >= 0.6 is 0 Å². The van der Waals surface area contributed by atoms with Crippen LogP contribution in [0.25, 0.3) is 0 Å². The second-order valence-electron chi connectivity index (χ2n) is 5.77. The standard InChI is InChI=1S/C18H27FN4/c1-3-4-5-11-21-18(20-2)22-16-9-7-12-23(14-16)17-10-6-8-15(19)13-17/h3-4,6,8,10,13,16H,5,7,9,11-12,14H2,1-2H3,(H2,20,21,22)/b4-3+. The van der Waals surface area contributed by atoms with Crippen molar-refractivity contribution in [2.75, 3.05) is 31.6 Å². The van der Waals surface area contributed by atoms with E-state index in [1.54, 1.807) is 19.2 Å². The number of benzene rings is 1. The Morgan fingerprint density at radius 3 is 3.09 bits per heavy atom. The summed E-state index contributed by atoms with van der Waals surface area (Å²) in [6.07, 6.45) is 7.35. The van der Waals surface area contributed by atoms with E-state index in [4.69, 9.17) is 0 Å². The molecule has 126 valence electrons. The van der Waals surface area contributed by atoms with Crippen LogP contribution in [0.4, 0.5) is 10.1 Å². The predicted octanol–water partition coefficient (Wildman–Crippen LogP) is 2.93. The number of hydrogen-bond acceptors (Lipinski definition) is 2. The molecule has 1 aromatic rings. The second-order valence-corrected chi connectivity index (χ2v) is 5.77. The van der Waals surface area contributed by atoms with Crippen molar-refractivity contribution in [3.63, 3.8) is 0 Å². The topological polar surface area (TPSA) is 39.7 Å². The van der Waals surface area contributed by atoms with E-state index in [1.807, 2.05) is 13.0 Å². The molecule has 1 saturated heterocycles. The number of halogens is 1. The third-order valence-corrected chi connectivity index (χ3v) is 4.00. The highest BCUT2D eigenvalue weighted by Gasteiger charge is 2.21. The molecule has 2 N–H and O–H groups in total. The number of nitrogens with zero attached hydrogens (tertiary/aromatic N) is 2. The van der Waals surface area contributed by atoms with E-state index in [9.17, 15) is 4.39 Å². The molecule has 0 saturated carbocycles. The average Bonchev–Trinajstić information content (AvgIpc) is 2.58. The van der Waals surface area contributed by atoms with Gasteiger partial charge in [-0.15, -0.1) is 0 Å². The van der Waals surface area contributed by atoms with Gasteiger partial charge in [-0.05, 0) is 44.4 Å². The number of piperidine rings is 1. The highest BCUT2D eigenvalue weighted by atomic mass is 19.1. The highest BCUT2D eigenvalue weighted by Crippen LogP contribution is 2.20. The van der Waals surface area contributed by atoms with Gasteiger partial charge < -0.3 is 15.5 Å². The van der Waals surface area contributed by atoms with Crippen LogP contribution in [-0.4, -0.2) is 38.7 Å². The van der Waals surface area contributed by atoms with Gasteiger partial charge in [0.15, 0.2) is 5.96 Å². The number of allylic oxidation sites excluding steroid dienone is 1. The van der Waals surface area contributed by atoms with Crippen molar-refractivity contribution < 1.29 is 4.39 Å². The lowest BCUT2D eigenvalue weighted by Crippen LogP contribution is -2.51. The summed E-state index contributed by atoms with van der Waals surface area (Å²) in [5.41, 5.74) is 0.951. The summed E-state index contributed by atoms with van der Waals surface area (Å²) in [6.45, 7) is 4.72. The van der Waals surface area contributed by atoms with Crippen molar-refractivity contribution in [1.82, 2.24) is 10.6 Å². The van der Waals surface area contributed by atoms with E-state index in [1.165, 1.54) is 6.07 Å². The average molecular weight is 318 g/mol. The Morgan fingerprint density at radius 1 is 1.48 bits per heavy atom. The Hall–Kier alpha value is -2.04. The van der Waals surface area contributed by atoms with Crippen molar-refractivity contribution in [1.29, 1.82) is 0 Å². The Labute approximate surface area is 138 Å². The van der Waals surface area contributed by atoms with Crippen LogP contribution in [0.5, 0.6) is 0 Å². The summed E-state index contributed by atoms with van der Waals surface area (Å²) < 4.78 is 13.4. The number of anilines is 1. The first-order chi connectivity index (χ1) is 11.2. The van der Waals surface area contributed by atoms with E-state index in [0.717, 1.165) is 50.5 Å². The first-order valence-electron chi connectivity index (χ1n) is 8.31. The molecule has 2 rings (SSSR count). The summed E-state index contributed by atoms with van der Waals surface area (Å²) in [5.74, 6) is 0.652. The Bertz CT molecular complexity index is 542. The Morgan fingerprint density at radius 2 is 2.35 bits per heavy atom. The molecule has 0 amide bonds. The SMILES string of the molecule is C/C=C/CCNC(=NC)NC1CCCN(c2cccc(F)c2)C1. The lowest BCUT2D eigenvalue weighted by atomic mass is 10.0. The molecule has 1 aliphatic heterocycles. The molecule has 1 atom stereocenters. The first kappa shape index (κ1) is 17.3. The van der Waals surface area contributed by atoms with Gasteiger partial charge in [0.1, 0.15) is 5.82 Å². The molecule has 0 aliphatic carbocycles. The normalized spacial score (nSPS) is 19.2. The van der Waals surface area contributed by atoms with Gasteiger partial charge in [-0.1, -0.05) is 18.2 Å². The van der Waals surface area contributed by atoms with E-state index >= 15 is 0 Å². The van der Waals surface area contributed by atoms with E-state index in [0.29, 0.717) is 6.04 Å². The van der Waals surface area contributed by atoms with Crippen molar-refractivity contribution in [3.8, 4) is 0 Å². The fourth-order valence-corrected chi connectivity index (χ4v) is 2.83. The van der Waals surface area contributed by atoms with E-state index in [-0.39, 0.29) is 5.82 Å². The van der Waals surface area contributed by atoms with Gasteiger partial charge in [0.25, 0.3) is 0 Å². The van der Waals surface area contributed by atoms with Crippen LogP contribution in [0.3, 0.4) is 0 Å². The van der Waals surface area contributed by atoms with Crippen LogP contribution in [0, 0.1) is 5.82 Å².